The Labute approximate surface area is 128 Å². The Hall–Kier alpha value is -2.53. The van der Waals surface area contributed by atoms with Gasteiger partial charge in [-0.1, -0.05) is 6.07 Å². The molecular weight excluding hydrogens is 281 g/mol. The van der Waals surface area contributed by atoms with Crippen molar-refractivity contribution in [2.24, 2.45) is 0 Å². The minimum absolute atomic E-state index is 0.346. The quantitative estimate of drug-likeness (QED) is 0.672. The molecule has 22 heavy (non-hydrogen) atoms. The van der Waals surface area contributed by atoms with E-state index in [1.807, 2.05) is 31.4 Å². The van der Waals surface area contributed by atoms with Crippen LogP contribution in [0.5, 0.6) is 5.75 Å². The topological polar surface area (TPSA) is 49.1 Å². The first-order chi connectivity index (χ1) is 10.7. The molecule has 0 atom stereocenters. The van der Waals surface area contributed by atoms with Crippen LogP contribution in [0.4, 0.5) is 15.8 Å². The lowest BCUT2D eigenvalue weighted by molar-refractivity contribution is 0.411. The molecule has 0 saturated carbocycles. The van der Waals surface area contributed by atoms with Gasteiger partial charge in [-0.15, -0.1) is 0 Å². The molecule has 0 unspecified atom stereocenters. The summed E-state index contributed by atoms with van der Waals surface area (Å²) in [6.07, 6.45) is 1.99. The van der Waals surface area contributed by atoms with Crippen molar-refractivity contribution in [2.45, 2.75) is 6.54 Å². The van der Waals surface area contributed by atoms with Gasteiger partial charge in [0.25, 0.3) is 0 Å². The second-order valence-electron chi connectivity index (χ2n) is 5.08. The molecule has 0 spiro atoms. The van der Waals surface area contributed by atoms with Crippen LogP contribution in [0.3, 0.4) is 0 Å². The highest BCUT2D eigenvalue weighted by Crippen LogP contribution is 2.27. The van der Waals surface area contributed by atoms with Gasteiger partial charge in [-0.25, -0.2) is 4.39 Å². The summed E-state index contributed by atoms with van der Waals surface area (Å²) in [7, 11) is 3.44. The van der Waals surface area contributed by atoms with E-state index in [2.05, 4.69) is 15.6 Å². The molecule has 0 aliphatic carbocycles. The van der Waals surface area contributed by atoms with Gasteiger partial charge in [0.1, 0.15) is 11.6 Å². The zero-order valence-electron chi connectivity index (χ0n) is 12.5. The van der Waals surface area contributed by atoms with Gasteiger partial charge in [-0.05, 0) is 36.9 Å². The molecular formula is C17H18FN3O. The molecule has 1 aromatic heterocycles. The van der Waals surface area contributed by atoms with Crippen molar-refractivity contribution < 1.29 is 9.13 Å². The van der Waals surface area contributed by atoms with Gasteiger partial charge in [0.15, 0.2) is 0 Å². The van der Waals surface area contributed by atoms with Crippen LogP contribution in [0.2, 0.25) is 0 Å². The summed E-state index contributed by atoms with van der Waals surface area (Å²) in [6.45, 7) is 0.805. The fourth-order valence-corrected chi connectivity index (χ4v) is 2.48. The normalized spacial score (nSPS) is 10.9. The van der Waals surface area contributed by atoms with Crippen LogP contribution >= 0.6 is 0 Å². The summed E-state index contributed by atoms with van der Waals surface area (Å²) < 4.78 is 19.0. The zero-order chi connectivity index (χ0) is 15.5. The fraction of sp³-hybridized carbons (Fsp3) is 0.176. The number of aromatic nitrogens is 1. The van der Waals surface area contributed by atoms with Gasteiger partial charge in [-0.2, -0.15) is 0 Å². The highest BCUT2D eigenvalue weighted by molar-refractivity contribution is 5.87. The number of methoxy groups -OCH3 is 1. The third-order valence-corrected chi connectivity index (χ3v) is 3.59. The summed E-state index contributed by atoms with van der Waals surface area (Å²) in [6, 6.07) is 10.7. The van der Waals surface area contributed by atoms with Crippen molar-refractivity contribution in [1.82, 2.24) is 10.3 Å². The van der Waals surface area contributed by atoms with E-state index < -0.39 is 0 Å². The summed E-state index contributed by atoms with van der Waals surface area (Å²) in [4.78, 5) is 3.24. The highest BCUT2D eigenvalue weighted by atomic mass is 19.1. The van der Waals surface area contributed by atoms with E-state index in [1.165, 1.54) is 18.7 Å². The summed E-state index contributed by atoms with van der Waals surface area (Å²) >= 11 is 0. The number of rotatable bonds is 5. The van der Waals surface area contributed by atoms with E-state index in [4.69, 9.17) is 4.74 Å². The van der Waals surface area contributed by atoms with E-state index in [0.29, 0.717) is 11.4 Å². The van der Waals surface area contributed by atoms with E-state index in [0.717, 1.165) is 23.1 Å². The third-order valence-electron chi connectivity index (χ3n) is 3.59. The average Bonchev–Trinajstić information content (AvgIpc) is 2.92. The molecule has 114 valence electrons. The molecule has 0 radical (unpaired) electrons. The molecule has 0 bridgehead atoms. The predicted octanol–water partition coefficient (Wildman–Crippen LogP) is 3.78. The van der Waals surface area contributed by atoms with Crippen LogP contribution in [0.15, 0.2) is 42.6 Å². The second kappa shape index (κ2) is 6.07. The van der Waals surface area contributed by atoms with Crippen molar-refractivity contribution >= 4 is 22.3 Å². The maximum Gasteiger partial charge on any atom is 0.150 e. The van der Waals surface area contributed by atoms with Gasteiger partial charge >= 0.3 is 0 Å². The van der Waals surface area contributed by atoms with Crippen LogP contribution in [0.25, 0.3) is 10.9 Å². The van der Waals surface area contributed by atoms with Gasteiger partial charge in [-0.3, -0.25) is 0 Å². The lowest BCUT2D eigenvalue weighted by Crippen LogP contribution is -2.03. The largest absolute Gasteiger partial charge is 0.497 e. The number of aromatic amines is 1. The monoisotopic (exact) mass is 299 g/mol. The SMILES string of the molecule is CNCc1c[nH]c2cc(Nc3ccc(OC)cc3F)ccc12. The first-order valence-corrected chi connectivity index (χ1v) is 7.06. The number of halogens is 1. The number of hydrogen-bond acceptors (Lipinski definition) is 3. The number of anilines is 2. The average molecular weight is 299 g/mol. The minimum Gasteiger partial charge on any atom is -0.497 e. The lowest BCUT2D eigenvalue weighted by Gasteiger charge is -2.09. The first kappa shape index (κ1) is 14.4. The zero-order valence-corrected chi connectivity index (χ0v) is 12.5. The Bertz CT molecular complexity index is 798. The highest BCUT2D eigenvalue weighted by Gasteiger charge is 2.07. The standard InChI is InChI=1S/C17H18FN3O/c1-19-9-11-10-20-17-7-12(3-5-14(11)17)21-16-6-4-13(22-2)8-15(16)18/h3-8,10,19-21H,9H2,1-2H3. The maximum atomic E-state index is 14.0. The molecule has 2 aromatic carbocycles. The molecule has 4 nitrogen and oxygen atoms in total. The van der Waals surface area contributed by atoms with Crippen LogP contribution in [-0.4, -0.2) is 19.1 Å². The van der Waals surface area contributed by atoms with E-state index in [-0.39, 0.29) is 5.82 Å². The van der Waals surface area contributed by atoms with Gasteiger partial charge < -0.3 is 20.4 Å². The van der Waals surface area contributed by atoms with Crippen LogP contribution in [-0.2, 0) is 6.54 Å². The summed E-state index contributed by atoms with van der Waals surface area (Å²) in [5.74, 6) is 0.154. The van der Waals surface area contributed by atoms with E-state index >= 15 is 0 Å². The Morgan fingerprint density at radius 1 is 1.18 bits per heavy atom. The second-order valence-corrected chi connectivity index (χ2v) is 5.08. The molecule has 0 aliphatic rings. The number of benzene rings is 2. The molecule has 5 heteroatoms. The number of nitrogens with one attached hydrogen (secondary N) is 3. The van der Waals surface area contributed by atoms with Crippen molar-refractivity contribution in [3.63, 3.8) is 0 Å². The Morgan fingerprint density at radius 2 is 2.05 bits per heavy atom. The van der Waals surface area contributed by atoms with Crippen LogP contribution in [0.1, 0.15) is 5.56 Å². The summed E-state index contributed by atoms with van der Waals surface area (Å²) in [5, 5.41) is 7.39. The molecule has 3 N–H and O–H groups in total. The minimum atomic E-state index is -0.346. The van der Waals surface area contributed by atoms with E-state index in [9.17, 15) is 4.39 Å². The number of ether oxygens (including phenoxy) is 1. The van der Waals surface area contributed by atoms with Gasteiger partial charge in [0.05, 0.1) is 12.8 Å². The van der Waals surface area contributed by atoms with Gasteiger partial charge in [0.2, 0.25) is 0 Å². The Balaban J connectivity index is 1.88. The molecule has 0 amide bonds. The maximum absolute atomic E-state index is 14.0. The number of H-pyrrole nitrogens is 1. The van der Waals surface area contributed by atoms with Crippen molar-refractivity contribution in [3.8, 4) is 5.75 Å². The van der Waals surface area contributed by atoms with Crippen molar-refractivity contribution in [1.29, 1.82) is 0 Å². The molecule has 0 saturated heterocycles. The van der Waals surface area contributed by atoms with Gasteiger partial charge in [0, 0.05) is 35.4 Å². The Kier molecular flexibility index (Phi) is 3.98. The lowest BCUT2D eigenvalue weighted by atomic mass is 10.1. The molecule has 3 rings (SSSR count). The molecule has 0 aliphatic heterocycles. The fourth-order valence-electron chi connectivity index (χ4n) is 2.48. The number of fused-ring (bicyclic) bond motifs is 1. The van der Waals surface area contributed by atoms with Crippen molar-refractivity contribution in [3.05, 3.63) is 54.0 Å². The van der Waals surface area contributed by atoms with Crippen molar-refractivity contribution in [2.75, 3.05) is 19.5 Å². The number of hydrogen-bond donors (Lipinski definition) is 3. The first-order valence-electron chi connectivity index (χ1n) is 7.06. The van der Waals surface area contributed by atoms with Crippen LogP contribution < -0.4 is 15.4 Å². The third kappa shape index (κ3) is 2.76. The predicted molar refractivity (Wildman–Crippen MR) is 87.3 cm³/mol. The summed E-state index contributed by atoms with van der Waals surface area (Å²) in [5.41, 5.74) is 3.47. The Morgan fingerprint density at radius 3 is 2.77 bits per heavy atom. The van der Waals surface area contributed by atoms with Crippen LogP contribution in [0, 0.1) is 5.82 Å². The smallest absolute Gasteiger partial charge is 0.150 e. The van der Waals surface area contributed by atoms with E-state index in [1.54, 1.807) is 12.1 Å². The molecule has 1 heterocycles. The molecule has 0 fully saturated rings. The molecule has 3 aromatic rings.